The second-order valence-corrected chi connectivity index (χ2v) is 10.9. The van der Waals surface area contributed by atoms with Gasteiger partial charge in [0, 0.05) is 30.8 Å². The Labute approximate surface area is 248 Å². The van der Waals surface area contributed by atoms with Gasteiger partial charge in [-0.05, 0) is 93.1 Å². The standard InChI is InChI=1S/C34H42N4O4/c1-4-42-29-20-17-26(18-21-29)33(34(41)36-27-11-6-5-7-12-27)38(28-19-16-24(2)25(3)23-28)32(40)15-10-14-31(39)37-30-13-8-9-22-35-30/h8-9,13,16-23,27,33H,4-7,10-12,14-15H2,1-3H3,(H,36,41)(H,35,37,39)/t33-/m1/s1. The Balaban J connectivity index is 1.61. The van der Waals surface area contributed by atoms with Gasteiger partial charge in [-0.1, -0.05) is 43.5 Å². The summed E-state index contributed by atoms with van der Waals surface area (Å²) in [6.07, 6.45) is 7.42. The van der Waals surface area contributed by atoms with E-state index in [-0.39, 0.29) is 36.6 Å². The summed E-state index contributed by atoms with van der Waals surface area (Å²) < 4.78 is 5.64. The van der Waals surface area contributed by atoms with Gasteiger partial charge in [-0.15, -0.1) is 0 Å². The zero-order chi connectivity index (χ0) is 29.9. The number of amides is 3. The van der Waals surface area contributed by atoms with Gasteiger partial charge in [0.2, 0.25) is 17.7 Å². The van der Waals surface area contributed by atoms with Gasteiger partial charge in [0.15, 0.2) is 0 Å². The highest BCUT2D eigenvalue weighted by Gasteiger charge is 2.34. The quantitative estimate of drug-likeness (QED) is 0.261. The van der Waals surface area contributed by atoms with Crippen molar-refractivity contribution in [3.63, 3.8) is 0 Å². The second kappa shape index (κ2) is 15.1. The SMILES string of the molecule is CCOc1ccc([C@H](C(=O)NC2CCCCC2)N(C(=O)CCCC(=O)Nc2ccccn2)c2ccc(C)c(C)c2)cc1. The fourth-order valence-corrected chi connectivity index (χ4v) is 5.33. The zero-order valence-corrected chi connectivity index (χ0v) is 24.9. The molecule has 1 fully saturated rings. The number of nitrogens with one attached hydrogen (secondary N) is 2. The average molecular weight is 571 g/mol. The number of pyridine rings is 1. The van der Waals surface area contributed by atoms with Crippen LogP contribution in [0.4, 0.5) is 11.5 Å². The number of aryl methyl sites for hydroxylation is 2. The smallest absolute Gasteiger partial charge is 0.248 e. The fraction of sp³-hybridized carbons (Fsp3) is 0.412. The van der Waals surface area contributed by atoms with Crippen LogP contribution in [0, 0.1) is 13.8 Å². The van der Waals surface area contributed by atoms with Crippen molar-refractivity contribution in [1.82, 2.24) is 10.3 Å². The molecule has 3 amide bonds. The van der Waals surface area contributed by atoms with Crippen molar-refractivity contribution in [2.45, 2.75) is 84.2 Å². The Morgan fingerprint density at radius 3 is 2.38 bits per heavy atom. The number of aromatic nitrogens is 1. The topological polar surface area (TPSA) is 101 Å². The molecule has 1 aromatic heterocycles. The van der Waals surface area contributed by atoms with Gasteiger partial charge < -0.3 is 15.4 Å². The summed E-state index contributed by atoms with van der Waals surface area (Å²) in [6.45, 7) is 6.47. The highest BCUT2D eigenvalue weighted by Crippen LogP contribution is 2.32. The van der Waals surface area contributed by atoms with Crippen LogP contribution in [0.15, 0.2) is 66.9 Å². The number of hydrogen-bond acceptors (Lipinski definition) is 5. The number of rotatable bonds is 12. The summed E-state index contributed by atoms with van der Waals surface area (Å²) >= 11 is 0. The molecule has 8 heteroatoms. The summed E-state index contributed by atoms with van der Waals surface area (Å²) in [7, 11) is 0. The molecule has 1 aliphatic carbocycles. The Morgan fingerprint density at radius 1 is 0.952 bits per heavy atom. The van der Waals surface area contributed by atoms with Gasteiger partial charge in [-0.3, -0.25) is 19.3 Å². The largest absolute Gasteiger partial charge is 0.494 e. The molecule has 8 nitrogen and oxygen atoms in total. The lowest BCUT2D eigenvalue weighted by Gasteiger charge is -2.34. The Bertz CT molecular complexity index is 1340. The number of nitrogens with zero attached hydrogens (tertiary/aromatic N) is 2. The first-order valence-corrected chi connectivity index (χ1v) is 15.0. The van der Waals surface area contributed by atoms with E-state index in [2.05, 4.69) is 15.6 Å². The summed E-state index contributed by atoms with van der Waals surface area (Å²) in [5.74, 6) is 0.542. The molecular formula is C34H42N4O4. The number of anilines is 2. The maximum Gasteiger partial charge on any atom is 0.248 e. The van der Waals surface area contributed by atoms with Crippen molar-refractivity contribution in [1.29, 1.82) is 0 Å². The minimum absolute atomic E-state index is 0.0865. The number of carbonyl (C=O) groups is 3. The van der Waals surface area contributed by atoms with Gasteiger partial charge in [0.25, 0.3) is 0 Å². The van der Waals surface area contributed by atoms with E-state index in [0.29, 0.717) is 35.8 Å². The van der Waals surface area contributed by atoms with Crippen LogP contribution >= 0.6 is 0 Å². The molecule has 3 aromatic rings. The van der Waals surface area contributed by atoms with Crippen molar-refractivity contribution < 1.29 is 19.1 Å². The van der Waals surface area contributed by atoms with Gasteiger partial charge in [-0.2, -0.15) is 0 Å². The monoisotopic (exact) mass is 570 g/mol. The molecule has 2 aromatic carbocycles. The van der Waals surface area contributed by atoms with Crippen molar-refractivity contribution in [2.24, 2.45) is 0 Å². The van der Waals surface area contributed by atoms with Crippen molar-refractivity contribution in [2.75, 3.05) is 16.8 Å². The van der Waals surface area contributed by atoms with Crippen molar-refractivity contribution in [3.8, 4) is 5.75 Å². The third-order valence-electron chi connectivity index (χ3n) is 7.73. The number of benzene rings is 2. The molecule has 0 bridgehead atoms. The van der Waals surface area contributed by atoms with E-state index in [4.69, 9.17) is 4.74 Å². The molecule has 1 aliphatic rings. The van der Waals surface area contributed by atoms with Crippen LogP contribution in [0.1, 0.15) is 81.0 Å². The Morgan fingerprint density at radius 2 is 1.71 bits per heavy atom. The Hall–Kier alpha value is -4.20. The molecule has 1 saturated carbocycles. The molecule has 222 valence electrons. The lowest BCUT2D eigenvalue weighted by Crippen LogP contribution is -2.47. The van der Waals surface area contributed by atoms with Gasteiger partial charge in [0.05, 0.1) is 6.61 Å². The Kier molecular flexibility index (Phi) is 11.1. The molecule has 0 radical (unpaired) electrons. The maximum absolute atomic E-state index is 14.1. The summed E-state index contributed by atoms with van der Waals surface area (Å²) in [5.41, 5.74) is 3.48. The highest BCUT2D eigenvalue weighted by molar-refractivity contribution is 6.01. The number of carbonyl (C=O) groups excluding carboxylic acids is 3. The first kappa shape index (κ1) is 30.8. The third-order valence-corrected chi connectivity index (χ3v) is 7.73. The number of hydrogen-bond donors (Lipinski definition) is 2. The molecule has 1 heterocycles. The van der Waals surface area contributed by atoms with E-state index >= 15 is 0 Å². The molecule has 4 rings (SSSR count). The minimum atomic E-state index is -0.875. The second-order valence-electron chi connectivity index (χ2n) is 10.9. The normalized spacial score (nSPS) is 14.1. The van der Waals surface area contributed by atoms with Crippen LogP contribution in [0.3, 0.4) is 0 Å². The van der Waals surface area contributed by atoms with Crippen LogP contribution in [0.2, 0.25) is 0 Å². The first-order valence-electron chi connectivity index (χ1n) is 15.0. The summed E-state index contributed by atoms with van der Waals surface area (Å²) in [5, 5.41) is 6.02. The van der Waals surface area contributed by atoms with Gasteiger partial charge in [0.1, 0.15) is 17.6 Å². The number of ether oxygens (including phenoxy) is 1. The van der Waals surface area contributed by atoms with Gasteiger partial charge >= 0.3 is 0 Å². The molecule has 42 heavy (non-hydrogen) atoms. The third kappa shape index (κ3) is 8.41. The zero-order valence-electron chi connectivity index (χ0n) is 24.9. The molecule has 0 unspecified atom stereocenters. The summed E-state index contributed by atoms with van der Waals surface area (Å²) in [4.78, 5) is 46.4. The van der Waals surface area contributed by atoms with Crippen molar-refractivity contribution >= 4 is 29.2 Å². The molecule has 1 atom stereocenters. The van der Waals surface area contributed by atoms with Crippen molar-refractivity contribution in [3.05, 3.63) is 83.6 Å². The molecule has 0 saturated heterocycles. The molecule has 0 aliphatic heterocycles. The molecular weight excluding hydrogens is 528 g/mol. The van der Waals surface area contributed by atoms with Crippen LogP contribution < -0.4 is 20.3 Å². The molecule has 2 N–H and O–H groups in total. The van der Waals surface area contributed by atoms with Crippen LogP contribution in [0.5, 0.6) is 5.75 Å². The summed E-state index contributed by atoms with van der Waals surface area (Å²) in [6, 6.07) is 17.7. The van der Waals surface area contributed by atoms with E-state index in [1.807, 2.05) is 63.2 Å². The lowest BCUT2D eigenvalue weighted by atomic mass is 9.94. The maximum atomic E-state index is 14.1. The fourth-order valence-electron chi connectivity index (χ4n) is 5.33. The van der Waals surface area contributed by atoms with E-state index in [1.165, 1.54) is 6.42 Å². The van der Waals surface area contributed by atoms with E-state index in [9.17, 15) is 14.4 Å². The van der Waals surface area contributed by atoms with Crippen LogP contribution in [0.25, 0.3) is 0 Å². The predicted octanol–water partition coefficient (Wildman–Crippen LogP) is 6.43. The van der Waals surface area contributed by atoms with E-state index in [0.717, 1.165) is 36.8 Å². The van der Waals surface area contributed by atoms with E-state index < -0.39 is 6.04 Å². The van der Waals surface area contributed by atoms with Crippen LogP contribution in [-0.4, -0.2) is 35.4 Å². The van der Waals surface area contributed by atoms with E-state index in [1.54, 1.807) is 29.3 Å². The highest BCUT2D eigenvalue weighted by atomic mass is 16.5. The van der Waals surface area contributed by atoms with Crippen LogP contribution in [-0.2, 0) is 14.4 Å². The first-order chi connectivity index (χ1) is 20.4. The predicted molar refractivity (Wildman–Crippen MR) is 165 cm³/mol. The molecule has 0 spiro atoms. The average Bonchev–Trinajstić information content (AvgIpc) is 2.99. The lowest BCUT2D eigenvalue weighted by molar-refractivity contribution is -0.127. The van der Waals surface area contributed by atoms with Gasteiger partial charge in [-0.25, -0.2) is 4.98 Å². The minimum Gasteiger partial charge on any atom is -0.494 e.